The van der Waals surface area contributed by atoms with Crippen LogP contribution in [-0.4, -0.2) is 25.2 Å². The first-order valence-electron chi connectivity index (χ1n) is 7.44. The summed E-state index contributed by atoms with van der Waals surface area (Å²) in [6.07, 6.45) is 0. The Morgan fingerprint density at radius 1 is 1.43 bits per heavy atom. The predicted molar refractivity (Wildman–Crippen MR) is 84.0 cm³/mol. The normalized spacial score (nSPS) is 20.1. The number of nitrogens with two attached hydrogens (primary N) is 1. The zero-order chi connectivity index (χ0) is 16.6. The maximum atomic E-state index is 12.5. The van der Waals surface area contributed by atoms with Crippen molar-refractivity contribution in [1.29, 1.82) is 0 Å². The van der Waals surface area contributed by atoms with Gasteiger partial charge in [0, 0.05) is 11.4 Å². The highest BCUT2D eigenvalue weighted by atomic mass is 16.5. The fraction of sp³-hybridized carbons (Fsp3) is 0.294. The third-order valence-electron chi connectivity index (χ3n) is 4.01. The quantitative estimate of drug-likeness (QED) is 0.650. The summed E-state index contributed by atoms with van der Waals surface area (Å²) in [7, 11) is 0. The molecule has 0 saturated heterocycles. The van der Waals surface area contributed by atoms with Crippen molar-refractivity contribution in [2.75, 3.05) is 18.9 Å². The summed E-state index contributed by atoms with van der Waals surface area (Å²) in [5, 5.41) is 3.09. The van der Waals surface area contributed by atoms with Gasteiger partial charge in [0.1, 0.15) is 6.61 Å². The number of allylic oxidation sites excluding steroid dienone is 1. The van der Waals surface area contributed by atoms with E-state index in [1.807, 2.05) is 18.2 Å². The molecule has 1 aromatic carbocycles. The topological polar surface area (TPSA) is 90.6 Å². The van der Waals surface area contributed by atoms with Crippen LogP contribution in [-0.2, 0) is 19.1 Å². The van der Waals surface area contributed by atoms with Gasteiger partial charge in [-0.25, -0.2) is 9.59 Å². The molecule has 0 amide bonds. The minimum absolute atomic E-state index is 0.171. The summed E-state index contributed by atoms with van der Waals surface area (Å²) in [4.78, 5) is 24.7. The number of anilines is 1. The van der Waals surface area contributed by atoms with Crippen LogP contribution in [0.3, 0.4) is 0 Å². The number of nitrogen functional groups attached to an aromatic ring is 1. The molecule has 0 aromatic heterocycles. The lowest BCUT2D eigenvalue weighted by Crippen LogP contribution is -2.30. The largest absolute Gasteiger partial charge is 0.463 e. The molecule has 23 heavy (non-hydrogen) atoms. The number of hydrogen-bond acceptors (Lipinski definition) is 6. The van der Waals surface area contributed by atoms with Crippen LogP contribution < -0.4 is 11.1 Å². The van der Waals surface area contributed by atoms with Crippen LogP contribution in [0.1, 0.15) is 25.3 Å². The summed E-state index contributed by atoms with van der Waals surface area (Å²) in [5.41, 5.74) is 9.44. The number of nitrogens with one attached hydrogen (secondary N) is 1. The number of dihydropyridines is 1. The van der Waals surface area contributed by atoms with Gasteiger partial charge in [0.05, 0.1) is 29.4 Å². The van der Waals surface area contributed by atoms with E-state index in [0.29, 0.717) is 33.8 Å². The van der Waals surface area contributed by atoms with Crippen molar-refractivity contribution in [1.82, 2.24) is 5.32 Å². The van der Waals surface area contributed by atoms with Gasteiger partial charge < -0.3 is 20.5 Å². The molecule has 6 heteroatoms. The fourth-order valence-corrected chi connectivity index (χ4v) is 3.03. The molecule has 1 atom stereocenters. The maximum Gasteiger partial charge on any atom is 0.337 e. The van der Waals surface area contributed by atoms with Crippen LogP contribution in [0.2, 0.25) is 0 Å². The standard InChI is InChI=1S/C17H18N2O4/c1-3-22-16(20)13-9(2)19-12-8-23-17(21)15(12)14(13)10-6-4-5-7-11(10)18/h4-7,14,19H,3,8,18H2,1-2H3. The van der Waals surface area contributed by atoms with Crippen molar-refractivity contribution >= 4 is 17.6 Å². The minimum atomic E-state index is -0.582. The zero-order valence-electron chi connectivity index (χ0n) is 13.0. The first kappa shape index (κ1) is 15.1. The Balaban J connectivity index is 2.18. The van der Waals surface area contributed by atoms with Crippen molar-refractivity contribution in [3.05, 3.63) is 52.4 Å². The zero-order valence-corrected chi connectivity index (χ0v) is 13.0. The third kappa shape index (κ3) is 2.46. The van der Waals surface area contributed by atoms with Crippen LogP contribution in [0.15, 0.2) is 46.8 Å². The van der Waals surface area contributed by atoms with E-state index in [1.165, 1.54) is 0 Å². The Morgan fingerprint density at radius 3 is 2.87 bits per heavy atom. The molecule has 1 unspecified atom stereocenters. The fourth-order valence-electron chi connectivity index (χ4n) is 3.03. The van der Waals surface area contributed by atoms with Gasteiger partial charge in [-0.05, 0) is 25.5 Å². The summed E-state index contributed by atoms with van der Waals surface area (Å²) >= 11 is 0. The van der Waals surface area contributed by atoms with E-state index in [2.05, 4.69) is 5.32 Å². The average molecular weight is 314 g/mol. The SMILES string of the molecule is CCOC(=O)C1=C(C)NC2=C(C(=O)OC2)C1c1ccccc1N. The van der Waals surface area contributed by atoms with Crippen LogP contribution in [0.25, 0.3) is 0 Å². The lowest BCUT2D eigenvalue weighted by Gasteiger charge is -2.28. The second-order valence-electron chi connectivity index (χ2n) is 5.41. The van der Waals surface area contributed by atoms with Crippen LogP contribution >= 0.6 is 0 Å². The Kier molecular flexibility index (Phi) is 3.82. The number of para-hydroxylation sites is 1. The van der Waals surface area contributed by atoms with Gasteiger partial charge >= 0.3 is 11.9 Å². The van der Waals surface area contributed by atoms with Crippen molar-refractivity contribution in [3.8, 4) is 0 Å². The van der Waals surface area contributed by atoms with Crippen molar-refractivity contribution in [2.45, 2.75) is 19.8 Å². The Hall–Kier alpha value is -2.76. The van der Waals surface area contributed by atoms with Gasteiger partial charge in [0.15, 0.2) is 0 Å². The Bertz CT molecular complexity index is 749. The number of carbonyl (C=O) groups excluding carboxylic acids is 2. The highest BCUT2D eigenvalue weighted by Gasteiger charge is 2.42. The second kappa shape index (κ2) is 5.79. The molecule has 0 aliphatic carbocycles. The monoisotopic (exact) mass is 314 g/mol. The Labute approximate surface area is 133 Å². The van der Waals surface area contributed by atoms with Crippen molar-refractivity contribution in [3.63, 3.8) is 0 Å². The van der Waals surface area contributed by atoms with E-state index < -0.39 is 17.9 Å². The van der Waals surface area contributed by atoms with Gasteiger partial charge in [0.25, 0.3) is 0 Å². The van der Waals surface area contributed by atoms with Gasteiger partial charge in [-0.1, -0.05) is 18.2 Å². The molecule has 6 nitrogen and oxygen atoms in total. The smallest absolute Gasteiger partial charge is 0.337 e. The van der Waals surface area contributed by atoms with Gasteiger partial charge in [-0.15, -0.1) is 0 Å². The highest BCUT2D eigenvalue weighted by molar-refractivity contribution is 6.01. The highest BCUT2D eigenvalue weighted by Crippen LogP contribution is 2.42. The molecule has 3 rings (SSSR count). The molecule has 1 aromatic rings. The van der Waals surface area contributed by atoms with E-state index in [9.17, 15) is 9.59 Å². The van der Waals surface area contributed by atoms with Crippen molar-refractivity contribution in [2.24, 2.45) is 0 Å². The first-order valence-corrected chi connectivity index (χ1v) is 7.44. The molecule has 0 radical (unpaired) electrons. The third-order valence-corrected chi connectivity index (χ3v) is 4.01. The number of benzene rings is 1. The predicted octanol–water partition coefficient (Wildman–Crippen LogP) is 1.60. The van der Waals surface area contributed by atoms with Crippen molar-refractivity contribution < 1.29 is 19.1 Å². The number of cyclic esters (lactones) is 1. The number of carbonyl (C=O) groups is 2. The maximum absolute atomic E-state index is 12.5. The van der Waals surface area contributed by atoms with E-state index in [4.69, 9.17) is 15.2 Å². The Morgan fingerprint density at radius 2 is 2.17 bits per heavy atom. The molecule has 3 N–H and O–H groups in total. The van der Waals surface area contributed by atoms with Crippen LogP contribution in [0.4, 0.5) is 5.69 Å². The second-order valence-corrected chi connectivity index (χ2v) is 5.41. The molecule has 0 fully saturated rings. The van der Waals surface area contributed by atoms with E-state index >= 15 is 0 Å². The summed E-state index contributed by atoms with van der Waals surface area (Å²) in [5.74, 6) is -1.48. The van der Waals surface area contributed by atoms with E-state index in [-0.39, 0.29) is 13.2 Å². The number of rotatable bonds is 3. The molecule has 2 aliphatic rings. The molecule has 120 valence electrons. The van der Waals surface area contributed by atoms with Gasteiger partial charge in [-0.3, -0.25) is 0 Å². The molecule has 2 heterocycles. The lowest BCUT2D eigenvalue weighted by molar-refractivity contribution is -0.138. The van der Waals surface area contributed by atoms with E-state index in [0.717, 1.165) is 0 Å². The molecule has 0 saturated carbocycles. The summed E-state index contributed by atoms with van der Waals surface area (Å²) in [6.45, 7) is 3.95. The number of hydrogen-bond donors (Lipinski definition) is 2. The van der Waals surface area contributed by atoms with Gasteiger partial charge in [0.2, 0.25) is 0 Å². The minimum Gasteiger partial charge on any atom is -0.463 e. The molecular weight excluding hydrogens is 296 g/mol. The summed E-state index contributed by atoms with van der Waals surface area (Å²) < 4.78 is 10.3. The molecule has 2 aliphatic heterocycles. The lowest BCUT2D eigenvalue weighted by atomic mass is 9.80. The van der Waals surface area contributed by atoms with Gasteiger partial charge in [-0.2, -0.15) is 0 Å². The summed E-state index contributed by atoms with van der Waals surface area (Å²) in [6, 6.07) is 7.19. The first-order chi connectivity index (χ1) is 11.0. The number of ether oxygens (including phenoxy) is 2. The average Bonchev–Trinajstić information content (AvgIpc) is 2.87. The van der Waals surface area contributed by atoms with Crippen LogP contribution in [0, 0.1) is 0 Å². The van der Waals surface area contributed by atoms with E-state index in [1.54, 1.807) is 19.9 Å². The number of esters is 2. The molecular formula is C17H18N2O4. The molecule has 0 spiro atoms. The molecule has 0 bridgehead atoms. The van der Waals surface area contributed by atoms with Crippen LogP contribution in [0.5, 0.6) is 0 Å².